The van der Waals surface area contributed by atoms with Crippen molar-refractivity contribution in [2.24, 2.45) is 11.8 Å². The summed E-state index contributed by atoms with van der Waals surface area (Å²) >= 11 is 0. The van der Waals surface area contributed by atoms with Crippen molar-refractivity contribution in [2.75, 3.05) is 0 Å². The molecule has 1 rings (SSSR count). The van der Waals surface area contributed by atoms with Gasteiger partial charge in [0.05, 0.1) is 12.5 Å². The van der Waals surface area contributed by atoms with Crippen molar-refractivity contribution in [3.63, 3.8) is 0 Å². The van der Waals surface area contributed by atoms with Crippen molar-refractivity contribution >= 4 is 11.8 Å². The van der Waals surface area contributed by atoms with E-state index in [1.165, 1.54) is 0 Å². The average Bonchev–Trinajstić information content (AvgIpc) is 2.68. The third kappa shape index (κ3) is 5.55. The number of aliphatic hydroxyl groups excluding tert-OH is 1. The monoisotopic (exact) mass is 268 g/mol. The Balaban J connectivity index is 2.45. The van der Waals surface area contributed by atoms with E-state index in [4.69, 9.17) is 5.11 Å². The van der Waals surface area contributed by atoms with E-state index in [-0.39, 0.29) is 18.1 Å². The Hall–Kier alpha value is -1.16. The highest BCUT2D eigenvalue weighted by molar-refractivity contribution is 5.87. The molecular formula is C15H24O4. The summed E-state index contributed by atoms with van der Waals surface area (Å²) in [7, 11) is 0. The van der Waals surface area contributed by atoms with Gasteiger partial charge in [-0.3, -0.25) is 9.59 Å². The van der Waals surface area contributed by atoms with E-state index in [0.29, 0.717) is 12.8 Å². The number of rotatable bonds is 8. The summed E-state index contributed by atoms with van der Waals surface area (Å²) in [6.45, 7) is 2.11. The van der Waals surface area contributed by atoms with Crippen LogP contribution in [0.4, 0.5) is 0 Å². The molecule has 0 amide bonds. The van der Waals surface area contributed by atoms with Crippen molar-refractivity contribution in [3.05, 3.63) is 12.2 Å². The number of aliphatic hydroxyl groups is 1. The molecule has 3 unspecified atom stereocenters. The predicted molar refractivity (Wildman–Crippen MR) is 72.8 cm³/mol. The van der Waals surface area contributed by atoms with Gasteiger partial charge in [-0.2, -0.15) is 0 Å². The summed E-state index contributed by atoms with van der Waals surface area (Å²) in [4.78, 5) is 22.3. The first-order valence-electron chi connectivity index (χ1n) is 7.15. The summed E-state index contributed by atoms with van der Waals surface area (Å²) in [5.41, 5.74) is 0. The van der Waals surface area contributed by atoms with E-state index in [2.05, 4.69) is 6.92 Å². The summed E-state index contributed by atoms with van der Waals surface area (Å²) in [5.74, 6) is -1.32. The molecule has 1 saturated carbocycles. The average molecular weight is 268 g/mol. The second kappa shape index (κ2) is 8.10. The van der Waals surface area contributed by atoms with Gasteiger partial charge in [0.1, 0.15) is 5.78 Å². The van der Waals surface area contributed by atoms with Crippen molar-refractivity contribution in [1.82, 2.24) is 0 Å². The third-order valence-corrected chi connectivity index (χ3v) is 3.73. The van der Waals surface area contributed by atoms with Crippen molar-refractivity contribution < 1.29 is 19.8 Å². The largest absolute Gasteiger partial charge is 0.481 e. The molecule has 0 aromatic carbocycles. The Kier molecular flexibility index (Phi) is 6.78. The molecule has 2 N–H and O–H groups in total. The lowest BCUT2D eigenvalue weighted by Gasteiger charge is -2.13. The van der Waals surface area contributed by atoms with E-state index in [1.807, 2.05) is 6.08 Å². The first-order valence-corrected chi connectivity index (χ1v) is 7.15. The van der Waals surface area contributed by atoms with Crippen LogP contribution in [-0.4, -0.2) is 28.1 Å². The molecule has 4 nitrogen and oxygen atoms in total. The van der Waals surface area contributed by atoms with Crippen molar-refractivity contribution in [1.29, 1.82) is 0 Å². The third-order valence-electron chi connectivity index (χ3n) is 3.73. The number of carboxylic acids is 1. The maximum absolute atomic E-state index is 11.6. The number of carboxylic acid groups (broad SMARTS) is 1. The molecule has 4 heteroatoms. The second-order valence-electron chi connectivity index (χ2n) is 5.32. The lowest BCUT2D eigenvalue weighted by molar-refractivity contribution is -0.140. The van der Waals surface area contributed by atoms with Gasteiger partial charge in [-0.25, -0.2) is 0 Å². The molecule has 0 bridgehead atoms. The van der Waals surface area contributed by atoms with E-state index in [9.17, 15) is 14.7 Å². The van der Waals surface area contributed by atoms with E-state index in [0.717, 1.165) is 25.7 Å². The Morgan fingerprint density at radius 2 is 2.21 bits per heavy atom. The summed E-state index contributed by atoms with van der Waals surface area (Å²) in [6, 6.07) is 0. The summed E-state index contributed by atoms with van der Waals surface area (Å²) < 4.78 is 0. The number of Topliss-reactive ketones (excluding diaryl/α,β-unsaturated/α-hetero) is 1. The van der Waals surface area contributed by atoms with Crippen LogP contribution in [-0.2, 0) is 9.59 Å². The second-order valence-corrected chi connectivity index (χ2v) is 5.32. The summed E-state index contributed by atoms with van der Waals surface area (Å²) in [6.07, 6.45) is 8.10. The minimum atomic E-state index is -0.929. The number of hydrogen-bond donors (Lipinski definition) is 2. The van der Waals surface area contributed by atoms with Crippen LogP contribution in [0, 0.1) is 11.8 Å². The molecule has 0 aliphatic heterocycles. The predicted octanol–water partition coefficient (Wildman–Crippen LogP) is 2.55. The molecule has 19 heavy (non-hydrogen) atoms. The molecule has 0 heterocycles. The lowest BCUT2D eigenvalue weighted by atomic mass is 9.91. The molecular weight excluding hydrogens is 244 g/mol. The van der Waals surface area contributed by atoms with Gasteiger partial charge in [0.15, 0.2) is 0 Å². The van der Waals surface area contributed by atoms with Crippen LogP contribution in [0.5, 0.6) is 0 Å². The quantitative estimate of drug-likeness (QED) is 0.524. The van der Waals surface area contributed by atoms with Gasteiger partial charge >= 0.3 is 5.97 Å². The standard InChI is InChI=1S/C15H24O4/c1-2-3-4-5-12(16)8-6-11-7-9-14(17)13(11)10-15(18)19/h6,8,11-13,16H,2-5,7,9-10H2,1H3,(H,18,19)/b8-6+. The molecule has 0 radical (unpaired) electrons. The maximum Gasteiger partial charge on any atom is 0.304 e. The number of aliphatic carboxylic acids is 1. The Bertz CT molecular complexity index is 335. The van der Waals surface area contributed by atoms with Gasteiger partial charge in [0.2, 0.25) is 0 Å². The number of ketones is 1. The molecule has 1 aliphatic carbocycles. The zero-order valence-electron chi connectivity index (χ0n) is 11.5. The first kappa shape index (κ1) is 15.9. The smallest absolute Gasteiger partial charge is 0.304 e. The Morgan fingerprint density at radius 3 is 2.84 bits per heavy atom. The van der Waals surface area contributed by atoms with Crippen LogP contribution in [0.2, 0.25) is 0 Å². The zero-order valence-corrected chi connectivity index (χ0v) is 11.5. The van der Waals surface area contributed by atoms with Gasteiger partial charge < -0.3 is 10.2 Å². The molecule has 0 spiro atoms. The Labute approximate surface area is 114 Å². The SMILES string of the molecule is CCCCCC(O)/C=C/C1CCC(=O)C1CC(=O)O. The van der Waals surface area contributed by atoms with Gasteiger partial charge in [0, 0.05) is 12.3 Å². The van der Waals surface area contributed by atoms with Gasteiger partial charge in [0.25, 0.3) is 0 Å². The van der Waals surface area contributed by atoms with E-state index < -0.39 is 18.0 Å². The number of carbonyl (C=O) groups excluding carboxylic acids is 1. The van der Waals surface area contributed by atoms with Crippen LogP contribution in [0.3, 0.4) is 0 Å². The molecule has 108 valence electrons. The van der Waals surface area contributed by atoms with Crippen LogP contribution >= 0.6 is 0 Å². The maximum atomic E-state index is 11.6. The van der Waals surface area contributed by atoms with Gasteiger partial charge in [-0.15, -0.1) is 0 Å². The first-order chi connectivity index (χ1) is 9.04. The fraction of sp³-hybridized carbons (Fsp3) is 0.733. The lowest BCUT2D eigenvalue weighted by Crippen LogP contribution is -2.18. The van der Waals surface area contributed by atoms with Crippen molar-refractivity contribution in [3.8, 4) is 0 Å². The topological polar surface area (TPSA) is 74.6 Å². The fourth-order valence-electron chi connectivity index (χ4n) is 2.59. The molecule has 1 aliphatic rings. The van der Waals surface area contributed by atoms with Crippen LogP contribution in [0.25, 0.3) is 0 Å². The Morgan fingerprint density at radius 1 is 1.47 bits per heavy atom. The normalized spacial score (nSPS) is 25.1. The molecule has 0 aromatic rings. The summed E-state index contributed by atoms with van der Waals surface area (Å²) in [5, 5.41) is 18.6. The fourth-order valence-corrected chi connectivity index (χ4v) is 2.59. The van der Waals surface area contributed by atoms with Crippen molar-refractivity contribution in [2.45, 2.75) is 58.0 Å². The number of unbranched alkanes of at least 4 members (excludes halogenated alkanes) is 2. The molecule has 0 aromatic heterocycles. The highest BCUT2D eigenvalue weighted by atomic mass is 16.4. The molecule has 0 saturated heterocycles. The highest BCUT2D eigenvalue weighted by Gasteiger charge is 2.34. The minimum Gasteiger partial charge on any atom is -0.481 e. The van der Waals surface area contributed by atoms with Crippen LogP contribution in [0.15, 0.2) is 12.2 Å². The van der Waals surface area contributed by atoms with Crippen LogP contribution in [0.1, 0.15) is 51.9 Å². The van der Waals surface area contributed by atoms with E-state index >= 15 is 0 Å². The van der Waals surface area contributed by atoms with Gasteiger partial charge in [-0.1, -0.05) is 38.3 Å². The van der Waals surface area contributed by atoms with E-state index in [1.54, 1.807) is 6.08 Å². The zero-order chi connectivity index (χ0) is 14.3. The van der Waals surface area contributed by atoms with Crippen LogP contribution < -0.4 is 0 Å². The highest BCUT2D eigenvalue weighted by Crippen LogP contribution is 2.32. The minimum absolute atomic E-state index is 0.0237. The van der Waals surface area contributed by atoms with Gasteiger partial charge in [-0.05, 0) is 18.8 Å². The molecule has 3 atom stereocenters. The number of hydrogen-bond acceptors (Lipinski definition) is 3. The number of allylic oxidation sites excluding steroid dienone is 1. The molecule has 1 fully saturated rings. The number of carbonyl (C=O) groups is 2.